The van der Waals surface area contributed by atoms with E-state index in [4.69, 9.17) is 14.2 Å². The summed E-state index contributed by atoms with van der Waals surface area (Å²) in [6.45, 7) is 0.291. The second kappa shape index (κ2) is 7.54. The normalized spacial score (nSPS) is 10.2. The highest BCUT2D eigenvalue weighted by Gasteiger charge is 2.12. The number of ether oxygens (including phenoxy) is 3. The van der Waals surface area contributed by atoms with Crippen molar-refractivity contribution in [1.82, 2.24) is 9.88 Å². The van der Waals surface area contributed by atoms with Crippen LogP contribution in [0.2, 0.25) is 0 Å². The Morgan fingerprint density at radius 3 is 2.33 bits per heavy atom. The molecule has 0 saturated carbocycles. The van der Waals surface area contributed by atoms with Crippen LogP contribution in [0.25, 0.3) is 0 Å². The molecule has 0 aliphatic rings. The molecule has 2 rings (SSSR count). The quantitative estimate of drug-likeness (QED) is 0.864. The molecule has 24 heavy (non-hydrogen) atoms. The number of methoxy groups -OCH3 is 3. The lowest BCUT2D eigenvalue weighted by molar-refractivity contribution is 0.0941. The van der Waals surface area contributed by atoms with Crippen LogP contribution in [0, 0.1) is 0 Å². The first-order valence-electron chi connectivity index (χ1n) is 7.24. The summed E-state index contributed by atoms with van der Waals surface area (Å²) in [5.74, 6) is 1.03. The number of aromatic nitrogens is 1. The summed E-state index contributed by atoms with van der Waals surface area (Å²) in [6, 6.07) is 6.63. The Hall–Kier alpha value is -2.96. The van der Waals surface area contributed by atoms with Crippen molar-refractivity contribution in [3.63, 3.8) is 0 Å². The monoisotopic (exact) mass is 332 g/mol. The lowest BCUT2D eigenvalue weighted by Crippen LogP contribution is -2.27. The Kier molecular flexibility index (Phi) is 5.47. The lowest BCUT2D eigenvalue weighted by atomic mass is 10.2. The van der Waals surface area contributed by atoms with Gasteiger partial charge in [-0.3, -0.25) is 9.59 Å². The molecular weight excluding hydrogens is 312 g/mol. The minimum Gasteiger partial charge on any atom is -0.493 e. The predicted molar refractivity (Wildman–Crippen MR) is 89.0 cm³/mol. The number of amides is 1. The molecule has 0 fully saturated rings. The molecule has 0 radical (unpaired) electrons. The molecule has 1 amide bonds. The number of nitrogens with zero attached hydrogens (tertiary/aromatic N) is 1. The highest BCUT2D eigenvalue weighted by atomic mass is 16.5. The van der Waals surface area contributed by atoms with Crippen LogP contribution in [0.5, 0.6) is 17.2 Å². The van der Waals surface area contributed by atoms with Gasteiger partial charge >= 0.3 is 0 Å². The fraction of sp³-hybridized carbons (Fsp3) is 0.294. The fourth-order valence-electron chi connectivity index (χ4n) is 2.25. The number of carbonyl (C=O) groups is 1. The van der Waals surface area contributed by atoms with Crippen molar-refractivity contribution in [2.45, 2.75) is 6.54 Å². The zero-order chi connectivity index (χ0) is 17.7. The third-order valence-electron chi connectivity index (χ3n) is 3.56. The molecule has 1 aromatic heterocycles. The Balaban J connectivity index is 2.14. The molecule has 128 valence electrons. The second-order valence-corrected chi connectivity index (χ2v) is 5.07. The molecule has 0 aliphatic carbocycles. The van der Waals surface area contributed by atoms with Crippen LogP contribution in [-0.4, -0.2) is 31.8 Å². The van der Waals surface area contributed by atoms with E-state index >= 15 is 0 Å². The van der Waals surface area contributed by atoms with Crippen LogP contribution in [0.15, 0.2) is 35.3 Å². The average Bonchev–Trinajstić information content (AvgIpc) is 2.60. The van der Waals surface area contributed by atoms with Gasteiger partial charge in [-0.2, -0.15) is 0 Å². The summed E-state index contributed by atoms with van der Waals surface area (Å²) < 4.78 is 16.9. The SMILES string of the molecule is COc1ccc(CNC(=O)c2cc(=O)c(OC)cn2C)cc1OC. The molecule has 0 aliphatic heterocycles. The number of hydrogen-bond donors (Lipinski definition) is 1. The van der Waals surface area contributed by atoms with Gasteiger partial charge in [0, 0.05) is 19.7 Å². The van der Waals surface area contributed by atoms with Crippen molar-refractivity contribution >= 4 is 5.91 Å². The van der Waals surface area contributed by atoms with Gasteiger partial charge in [-0.05, 0) is 17.7 Å². The van der Waals surface area contributed by atoms with Gasteiger partial charge in [0.25, 0.3) is 5.91 Å². The summed E-state index contributed by atoms with van der Waals surface area (Å²) in [4.78, 5) is 24.1. The molecular formula is C17H20N2O5. The van der Waals surface area contributed by atoms with Gasteiger partial charge in [0.15, 0.2) is 17.2 Å². The largest absolute Gasteiger partial charge is 0.493 e. The maximum Gasteiger partial charge on any atom is 0.268 e. The van der Waals surface area contributed by atoms with Crippen LogP contribution in [0.3, 0.4) is 0 Å². The van der Waals surface area contributed by atoms with Crippen molar-refractivity contribution in [2.75, 3.05) is 21.3 Å². The van der Waals surface area contributed by atoms with Gasteiger partial charge in [-0.1, -0.05) is 6.07 Å². The number of rotatable bonds is 6. The van der Waals surface area contributed by atoms with Gasteiger partial charge < -0.3 is 24.1 Å². The minimum absolute atomic E-state index is 0.189. The molecule has 0 saturated heterocycles. The summed E-state index contributed by atoms with van der Waals surface area (Å²) >= 11 is 0. The number of hydrogen-bond acceptors (Lipinski definition) is 5. The average molecular weight is 332 g/mol. The first-order chi connectivity index (χ1) is 11.5. The number of nitrogens with one attached hydrogen (secondary N) is 1. The summed E-state index contributed by atoms with van der Waals surface area (Å²) in [6.07, 6.45) is 1.48. The topological polar surface area (TPSA) is 78.8 Å². The lowest BCUT2D eigenvalue weighted by Gasteiger charge is -2.12. The van der Waals surface area contributed by atoms with Crippen molar-refractivity contribution in [2.24, 2.45) is 7.05 Å². The van der Waals surface area contributed by atoms with E-state index in [1.54, 1.807) is 38.0 Å². The molecule has 1 N–H and O–H groups in total. The van der Waals surface area contributed by atoms with Crippen LogP contribution in [0.1, 0.15) is 16.1 Å². The van der Waals surface area contributed by atoms with Crippen LogP contribution >= 0.6 is 0 Å². The van der Waals surface area contributed by atoms with Gasteiger partial charge in [0.2, 0.25) is 5.43 Å². The fourth-order valence-corrected chi connectivity index (χ4v) is 2.25. The maximum atomic E-state index is 12.3. The second-order valence-electron chi connectivity index (χ2n) is 5.07. The summed E-state index contributed by atoms with van der Waals surface area (Å²) in [7, 11) is 6.19. The number of benzene rings is 1. The molecule has 7 nitrogen and oxygen atoms in total. The molecule has 0 atom stereocenters. The van der Waals surface area contributed by atoms with Crippen molar-refractivity contribution in [3.05, 3.63) is 51.9 Å². The molecule has 1 heterocycles. The predicted octanol–water partition coefficient (Wildman–Crippen LogP) is 1.34. The smallest absolute Gasteiger partial charge is 0.268 e. The molecule has 2 aromatic rings. The van der Waals surface area contributed by atoms with E-state index in [1.807, 2.05) is 6.07 Å². The molecule has 0 bridgehead atoms. The van der Waals surface area contributed by atoms with Gasteiger partial charge in [0.05, 0.1) is 27.5 Å². The third kappa shape index (κ3) is 3.68. The zero-order valence-corrected chi connectivity index (χ0v) is 14.1. The van der Waals surface area contributed by atoms with Crippen LogP contribution in [-0.2, 0) is 13.6 Å². The summed E-state index contributed by atoms with van der Waals surface area (Å²) in [5.41, 5.74) is 0.757. The van der Waals surface area contributed by atoms with E-state index in [0.29, 0.717) is 18.0 Å². The number of carbonyl (C=O) groups excluding carboxylic acids is 1. The molecule has 0 unspecified atom stereocenters. The van der Waals surface area contributed by atoms with Gasteiger partial charge in [-0.15, -0.1) is 0 Å². The Labute approximate surface area is 139 Å². The highest BCUT2D eigenvalue weighted by molar-refractivity contribution is 5.92. The highest BCUT2D eigenvalue weighted by Crippen LogP contribution is 2.27. The van der Waals surface area contributed by atoms with Crippen LogP contribution < -0.4 is 25.0 Å². The molecule has 0 spiro atoms. The molecule has 7 heteroatoms. The van der Waals surface area contributed by atoms with E-state index < -0.39 is 0 Å². The number of aryl methyl sites for hydroxylation is 1. The van der Waals surface area contributed by atoms with E-state index in [9.17, 15) is 9.59 Å². The first-order valence-corrected chi connectivity index (χ1v) is 7.24. The Morgan fingerprint density at radius 1 is 1.04 bits per heavy atom. The maximum absolute atomic E-state index is 12.3. The van der Waals surface area contributed by atoms with E-state index in [2.05, 4.69) is 5.32 Å². The van der Waals surface area contributed by atoms with E-state index in [-0.39, 0.29) is 22.8 Å². The minimum atomic E-state index is -0.355. The van der Waals surface area contributed by atoms with E-state index in [0.717, 1.165) is 5.56 Å². The van der Waals surface area contributed by atoms with Gasteiger partial charge in [0.1, 0.15) is 5.69 Å². The third-order valence-corrected chi connectivity index (χ3v) is 3.56. The van der Waals surface area contributed by atoms with Crippen LogP contribution in [0.4, 0.5) is 0 Å². The molecule has 1 aromatic carbocycles. The van der Waals surface area contributed by atoms with Gasteiger partial charge in [-0.25, -0.2) is 0 Å². The zero-order valence-electron chi connectivity index (χ0n) is 14.1. The Morgan fingerprint density at radius 2 is 1.71 bits per heavy atom. The first kappa shape index (κ1) is 17.4. The number of pyridine rings is 1. The Bertz CT molecular complexity index is 798. The summed E-state index contributed by atoms with van der Waals surface area (Å²) in [5, 5.41) is 2.77. The van der Waals surface area contributed by atoms with Crippen molar-refractivity contribution < 1.29 is 19.0 Å². The van der Waals surface area contributed by atoms with Crippen molar-refractivity contribution in [3.8, 4) is 17.2 Å². The van der Waals surface area contributed by atoms with E-state index in [1.165, 1.54) is 19.4 Å². The van der Waals surface area contributed by atoms with Crippen molar-refractivity contribution in [1.29, 1.82) is 0 Å². The standard InChI is InChI=1S/C17H20N2O5/c1-19-10-16(24-4)13(20)8-12(19)17(21)18-9-11-5-6-14(22-2)15(7-11)23-3/h5-8,10H,9H2,1-4H3,(H,18,21).